The number of methoxy groups -OCH3 is 1. The van der Waals surface area contributed by atoms with Crippen molar-refractivity contribution < 1.29 is 13.9 Å². The van der Waals surface area contributed by atoms with Gasteiger partial charge in [-0.2, -0.15) is 0 Å². The topological polar surface area (TPSA) is 55.6 Å². The van der Waals surface area contributed by atoms with E-state index in [9.17, 15) is 9.18 Å². The van der Waals surface area contributed by atoms with E-state index in [2.05, 4.69) is 0 Å². The van der Waals surface area contributed by atoms with E-state index in [1.165, 1.54) is 19.2 Å². The molecule has 0 bridgehead atoms. The van der Waals surface area contributed by atoms with E-state index < -0.39 is 5.82 Å². The van der Waals surface area contributed by atoms with Crippen LogP contribution in [0.3, 0.4) is 0 Å². The quantitative estimate of drug-likeness (QED) is 0.888. The summed E-state index contributed by atoms with van der Waals surface area (Å²) in [5.74, 6) is -0.568. The summed E-state index contributed by atoms with van der Waals surface area (Å²) in [6, 6.07) is 4.25. The molecule has 0 saturated carbocycles. The Morgan fingerprint density at radius 3 is 2.78 bits per heavy atom. The number of halogens is 2. The molecule has 0 spiro atoms. The number of amides is 1. The van der Waals surface area contributed by atoms with Gasteiger partial charge in [0.25, 0.3) is 5.91 Å². The number of carbonyl (C=O) groups excluding carboxylic acids is 1. The molecule has 4 nitrogen and oxygen atoms in total. The van der Waals surface area contributed by atoms with Gasteiger partial charge in [-0.15, -0.1) is 12.4 Å². The van der Waals surface area contributed by atoms with Crippen molar-refractivity contribution in [3.8, 4) is 5.75 Å². The van der Waals surface area contributed by atoms with Crippen molar-refractivity contribution in [1.29, 1.82) is 0 Å². The van der Waals surface area contributed by atoms with Gasteiger partial charge in [0.1, 0.15) is 0 Å². The molecule has 1 fully saturated rings. The Kier molecular flexibility index (Phi) is 4.93. The molecule has 1 saturated heterocycles. The highest BCUT2D eigenvalue weighted by molar-refractivity contribution is 5.94. The lowest BCUT2D eigenvalue weighted by atomic mass is 10.2. The minimum atomic E-state index is -0.526. The third kappa shape index (κ3) is 2.91. The fourth-order valence-electron chi connectivity index (χ4n) is 1.95. The van der Waals surface area contributed by atoms with E-state index in [1.807, 2.05) is 0 Å². The average molecular weight is 275 g/mol. The van der Waals surface area contributed by atoms with E-state index in [1.54, 1.807) is 11.0 Å². The van der Waals surface area contributed by atoms with Crippen LogP contribution >= 0.6 is 12.4 Å². The Morgan fingerprint density at radius 2 is 2.28 bits per heavy atom. The highest BCUT2D eigenvalue weighted by atomic mass is 35.5. The zero-order valence-electron chi connectivity index (χ0n) is 10.1. The molecule has 1 aliphatic rings. The molecule has 1 aromatic rings. The predicted molar refractivity (Wildman–Crippen MR) is 68.7 cm³/mol. The lowest BCUT2D eigenvalue weighted by Crippen LogP contribution is -2.31. The van der Waals surface area contributed by atoms with Crippen LogP contribution in [0.25, 0.3) is 0 Å². The molecular weight excluding hydrogens is 259 g/mol. The number of rotatable bonds is 2. The summed E-state index contributed by atoms with van der Waals surface area (Å²) >= 11 is 0. The molecular formula is C12H16ClFN2O2. The van der Waals surface area contributed by atoms with Crippen LogP contribution in [-0.4, -0.2) is 37.0 Å². The van der Waals surface area contributed by atoms with Crippen LogP contribution < -0.4 is 10.5 Å². The van der Waals surface area contributed by atoms with Crippen LogP contribution in [0.2, 0.25) is 0 Å². The van der Waals surface area contributed by atoms with Gasteiger partial charge in [-0.3, -0.25) is 4.79 Å². The molecule has 2 N–H and O–H groups in total. The van der Waals surface area contributed by atoms with E-state index in [0.717, 1.165) is 6.42 Å². The molecule has 1 atom stereocenters. The number of carbonyl (C=O) groups is 1. The van der Waals surface area contributed by atoms with Crippen molar-refractivity contribution in [2.24, 2.45) is 5.73 Å². The maximum atomic E-state index is 13.5. The molecule has 1 aromatic carbocycles. The van der Waals surface area contributed by atoms with Crippen LogP contribution in [0.1, 0.15) is 16.8 Å². The molecule has 1 heterocycles. The second-order valence-electron chi connectivity index (χ2n) is 4.15. The number of benzene rings is 1. The second kappa shape index (κ2) is 6.02. The van der Waals surface area contributed by atoms with Crippen molar-refractivity contribution >= 4 is 18.3 Å². The van der Waals surface area contributed by atoms with E-state index in [-0.39, 0.29) is 30.1 Å². The standard InChI is InChI=1S/C12H15FN2O2.ClH/c1-17-11-3-2-8(6-10(11)13)12(16)15-5-4-9(14)7-15;/h2-3,6,9H,4-5,7,14H2,1H3;1H/t9-;/m0./s1. The smallest absolute Gasteiger partial charge is 0.254 e. The third-order valence-corrected chi connectivity index (χ3v) is 2.91. The fourth-order valence-corrected chi connectivity index (χ4v) is 1.95. The number of ether oxygens (including phenoxy) is 1. The Hall–Kier alpha value is -1.33. The molecule has 0 aliphatic carbocycles. The van der Waals surface area contributed by atoms with Gasteiger partial charge in [0.15, 0.2) is 11.6 Å². The molecule has 2 rings (SSSR count). The first-order chi connectivity index (χ1) is 8.11. The molecule has 18 heavy (non-hydrogen) atoms. The molecule has 100 valence electrons. The van der Waals surface area contributed by atoms with Gasteiger partial charge < -0.3 is 15.4 Å². The fraction of sp³-hybridized carbons (Fsp3) is 0.417. The van der Waals surface area contributed by atoms with Crippen molar-refractivity contribution in [2.75, 3.05) is 20.2 Å². The number of nitrogens with two attached hydrogens (primary N) is 1. The first kappa shape index (κ1) is 14.7. The number of likely N-dealkylation sites (tertiary alicyclic amines) is 1. The van der Waals surface area contributed by atoms with Crippen molar-refractivity contribution in [1.82, 2.24) is 4.90 Å². The van der Waals surface area contributed by atoms with Gasteiger partial charge in [-0.25, -0.2) is 4.39 Å². The minimum absolute atomic E-state index is 0. The van der Waals surface area contributed by atoms with E-state index in [0.29, 0.717) is 18.7 Å². The van der Waals surface area contributed by atoms with Crippen LogP contribution in [0.15, 0.2) is 18.2 Å². The van der Waals surface area contributed by atoms with Gasteiger partial charge in [0.2, 0.25) is 0 Å². The average Bonchev–Trinajstić information content (AvgIpc) is 2.75. The Morgan fingerprint density at radius 1 is 1.56 bits per heavy atom. The van der Waals surface area contributed by atoms with Gasteiger partial charge in [-0.1, -0.05) is 0 Å². The van der Waals surface area contributed by atoms with Gasteiger partial charge in [-0.05, 0) is 24.6 Å². The summed E-state index contributed by atoms with van der Waals surface area (Å²) in [5, 5.41) is 0. The maximum Gasteiger partial charge on any atom is 0.254 e. The summed E-state index contributed by atoms with van der Waals surface area (Å²) < 4.78 is 18.3. The summed E-state index contributed by atoms with van der Waals surface area (Å²) in [4.78, 5) is 13.7. The first-order valence-electron chi connectivity index (χ1n) is 5.50. The number of hydrogen-bond donors (Lipinski definition) is 1. The van der Waals surface area contributed by atoms with Crippen LogP contribution in [-0.2, 0) is 0 Å². The van der Waals surface area contributed by atoms with Gasteiger partial charge in [0.05, 0.1) is 7.11 Å². The lowest BCUT2D eigenvalue weighted by Gasteiger charge is -2.16. The normalized spacial score (nSPS) is 18.4. The zero-order chi connectivity index (χ0) is 12.4. The molecule has 6 heteroatoms. The summed E-state index contributed by atoms with van der Waals surface area (Å²) in [7, 11) is 1.39. The van der Waals surface area contributed by atoms with Crippen LogP contribution in [0, 0.1) is 5.82 Å². The second-order valence-corrected chi connectivity index (χ2v) is 4.15. The molecule has 0 aromatic heterocycles. The van der Waals surface area contributed by atoms with Crippen molar-refractivity contribution in [3.63, 3.8) is 0 Å². The molecule has 0 unspecified atom stereocenters. The third-order valence-electron chi connectivity index (χ3n) is 2.91. The van der Waals surface area contributed by atoms with Gasteiger partial charge >= 0.3 is 0 Å². The highest BCUT2D eigenvalue weighted by Gasteiger charge is 2.24. The lowest BCUT2D eigenvalue weighted by molar-refractivity contribution is 0.0790. The molecule has 0 radical (unpaired) electrons. The Labute approximate surface area is 111 Å². The predicted octanol–water partition coefficient (Wildman–Crippen LogP) is 1.43. The number of nitrogens with zero attached hydrogens (tertiary/aromatic N) is 1. The van der Waals surface area contributed by atoms with E-state index >= 15 is 0 Å². The van der Waals surface area contributed by atoms with E-state index in [4.69, 9.17) is 10.5 Å². The SMILES string of the molecule is COc1ccc(C(=O)N2CC[C@H](N)C2)cc1F.Cl. The Balaban J connectivity index is 0.00000162. The van der Waals surface area contributed by atoms with Crippen molar-refractivity contribution in [2.45, 2.75) is 12.5 Å². The minimum Gasteiger partial charge on any atom is -0.494 e. The highest BCUT2D eigenvalue weighted by Crippen LogP contribution is 2.20. The largest absolute Gasteiger partial charge is 0.494 e. The molecule has 1 aliphatic heterocycles. The summed E-state index contributed by atoms with van der Waals surface area (Å²) in [5.41, 5.74) is 6.06. The summed E-state index contributed by atoms with van der Waals surface area (Å²) in [6.45, 7) is 1.17. The van der Waals surface area contributed by atoms with Crippen LogP contribution in [0.4, 0.5) is 4.39 Å². The maximum absolute atomic E-state index is 13.5. The molecule has 1 amide bonds. The monoisotopic (exact) mass is 274 g/mol. The Bertz CT molecular complexity index is 442. The summed E-state index contributed by atoms with van der Waals surface area (Å²) in [6.07, 6.45) is 0.796. The van der Waals surface area contributed by atoms with Gasteiger partial charge in [0, 0.05) is 24.7 Å². The van der Waals surface area contributed by atoms with Crippen molar-refractivity contribution in [3.05, 3.63) is 29.6 Å². The first-order valence-corrected chi connectivity index (χ1v) is 5.50. The van der Waals surface area contributed by atoms with Crippen LogP contribution in [0.5, 0.6) is 5.75 Å². The zero-order valence-corrected chi connectivity index (χ0v) is 10.9. The number of hydrogen-bond acceptors (Lipinski definition) is 3.